The number of sulfonamides is 1. The number of hydrogen-bond donors (Lipinski definition) is 1. The number of carbonyl (C=O) groups is 1. The maximum Gasteiger partial charge on any atom is 0.416 e. The van der Waals surface area contributed by atoms with E-state index in [1.54, 1.807) is 20.8 Å². The van der Waals surface area contributed by atoms with Crippen LogP contribution in [0, 0.1) is 0 Å². The Morgan fingerprint density at radius 2 is 1.66 bits per heavy atom. The molecule has 5 nitrogen and oxygen atoms in total. The fourth-order valence-corrected chi connectivity index (χ4v) is 4.00. The van der Waals surface area contributed by atoms with Gasteiger partial charge in [-0.15, -0.1) is 0 Å². The third-order valence-electron chi connectivity index (χ3n) is 4.56. The molecule has 0 aliphatic heterocycles. The summed E-state index contributed by atoms with van der Waals surface area (Å²) < 4.78 is 65.1. The van der Waals surface area contributed by atoms with Crippen LogP contribution in [-0.4, -0.2) is 31.7 Å². The zero-order chi connectivity index (χ0) is 22.0. The second-order valence-corrected chi connectivity index (χ2v) is 8.96. The molecular weight excluding hydrogens is 405 g/mol. The Bertz CT molecular complexity index is 988. The minimum Gasteiger partial charge on any atom is -0.346 e. The van der Waals surface area contributed by atoms with Crippen molar-refractivity contribution >= 4 is 15.9 Å². The molecule has 158 valence electrons. The van der Waals surface area contributed by atoms with Gasteiger partial charge in [-0.3, -0.25) is 4.79 Å². The normalized spacial score (nSPS) is 13.6. The number of halogens is 3. The van der Waals surface area contributed by atoms with Gasteiger partial charge in [-0.05, 0) is 56.7 Å². The van der Waals surface area contributed by atoms with Crippen LogP contribution in [0.4, 0.5) is 13.2 Å². The summed E-state index contributed by atoms with van der Waals surface area (Å²) in [4.78, 5) is 12.5. The summed E-state index contributed by atoms with van der Waals surface area (Å²) in [6, 6.07) is 9.26. The Morgan fingerprint density at radius 1 is 1.03 bits per heavy atom. The average Bonchev–Trinajstić information content (AvgIpc) is 2.66. The van der Waals surface area contributed by atoms with Crippen LogP contribution in [0.15, 0.2) is 53.4 Å². The van der Waals surface area contributed by atoms with Crippen LogP contribution in [-0.2, 0) is 16.2 Å². The second-order valence-electron chi connectivity index (χ2n) is 6.96. The van der Waals surface area contributed by atoms with E-state index >= 15 is 0 Å². The van der Waals surface area contributed by atoms with Gasteiger partial charge in [0, 0.05) is 18.7 Å². The Labute approximate surface area is 168 Å². The van der Waals surface area contributed by atoms with Gasteiger partial charge >= 0.3 is 6.18 Å². The monoisotopic (exact) mass is 428 g/mol. The molecule has 1 amide bonds. The van der Waals surface area contributed by atoms with Crippen LogP contribution in [0.3, 0.4) is 0 Å². The van der Waals surface area contributed by atoms with Crippen molar-refractivity contribution in [2.75, 3.05) is 7.05 Å². The lowest BCUT2D eigenvalue weighted by Gasteiger charge is -2.21. The van der Waals surface area contributed by atoms with Gasteiger partial charge in [0.05, 0.1) is 16.5 Å². The molecule has 0 saturated carbocycles. The van der Waals surface area contributed by atoms with Gasteiger partial charge in [0.1, 0.15) is 0 Å². The standard InChI is InChI=1S/C20H23F3N2O3S/c1-13(2)25(4)29(27,28)18-10-6-8-16(12-18)19(26)24-14(3)15-7-5-9-17(11-15)20(21,22)23/h5-14H,1-4H3,(H,24,26). The first kappa shape index (κ1) is 22.9. The number of nitrogens with zero attached hydrogens (tertiary/aromatic N) is 1. The van der Waals surface area contributed by atoms with E-state index in [1.165, 1.54) is 47.8 Å². The summed E-state index contributed by atoms with van der Waals surface area (Å²) in [7, 11) is -2.32. The second kappa shape index (κ2) is 8.54. The quantitative estimate of drug-likeness (QED) is 0.749. The predicted molar refractivity (Wildman–Crippen MR) is 104 cm³/mol. The highest BCUT2D eigenvalue weighted by Crippen LogP contribution is 2.30. The fraction of sp³-hybridized carbons (Fsp3) is 0.350. The van der Waals surface area contributed by atoms with Gasteiger partial charge in [0.25, 0.3) is 5.91 Å². The summed E-state index contributed by atoms with van der Waals surface area (Å²) >= 11 is 0. The Kier molecular flexibility index (Phi) is 6.74. The average molecular weight is 428 g/mol. The number of nitrogens with one attached hydrogen (secondary N) is 1. The minimum absolute atomic E-state index is 0.0342. The summed E-state index contributed by atoms with van der Waals surface area (Å²) in [5.74, 6) is -0.584. The molecule has 0 saturated heterocycles. The van der Waals surface area contributed by atoms with Gasteiger partial charge in [0.2, 0.25) is 10.0 Å². The number of amides is 1. The van der Waals surface area contributed by atoms with Crippen molar-refractivity contribution in [2.24, 2.45) is 0 Å². The van der Waals surface area contributed by atoms with Gasteiger partial charge in [-0.1, -0.05) is 18.2 Å². The molecule has 1 unspecified atom stereocenters. The van der Waals surface area contributed by atoms with Crippen molar-refractivity contribution in [2.45, 2.75) is 43.9 Å². The molecule has 0 spiro atoms. The van der Waals surface area contributed by atoms with E-state index < -0.39 is 33.7 Å². The number of alkyl halides is 3. The molecule has 0 aliphatic rings. The highest BCUT2D eigenvalue weighted by molar-refractivity contribution is 7.89. The van der Waals surface area contributed by atoms with E-state index in [4.69, 9.17) is 0 Å². The van der Waals surface area contributed by atoms with E-state index in [0.717, 1.165) is 12.1 Å². The molecule has 1 N–H and O–H groups in total. The zero-order valence-electron chi connectivity index (χ0n) is 16.5. The van der Waals surface area contributed by atoms with Gasteiger partial charge in [-0.2, -0.15) is 17.5 Å². The first-order valence-corrected chi connectivity index (χ1v) is 10.3. The van der Waals surface area contributed by atoms with Crippen LogP contribution in [0.2, 0.25) is 0 Å². The van der Waals surface area contributed by atoms with Crippen LogP contribution in [0.1, 0.15) is 48.3 Å². The molecule has 0 aromatic heterocycles. The zero-order valence-corrected chi connectivity index (χ0v) is 17.3. The third kappa shape index (κ3) is 5.36. The summed E-state index contributed by atoms with van der Waals surface area (Å²) in [5, 5.41) is 2.61. The van der Waals surface area contributed by atoms with E-state index in [-0.39, 0.29) is 22.1 Å². The van der Waals surface area contributed by atoms with Crippen LogP contribution < -0.4 is 5.32 Å². The van der Waals surface area contributed by atoms with Crippen molar-refractivity contribution in [3.05, 3.63) is 65.2 Å². The molecule has 2 rings (SSSR count). The van der Waals surface area contributed by atoms with Crippen molar-refractivity contribution in [3.63, 3.8) is 0 Å². The van der Waals surface area contributed by atoms with Gasteiger partial charge < -0.3 is 5.32 Å². The molecule has 29 heavy (non-hydrogen) atoms. The molecule has 0 fully saturated rings. The Morgan fingerprint density at radius 3 is 2.24 bits per heavy atom. The lowest BCUT2D eigenvalue weighted by Crippen LogP contribution is -2.33. The highest BCUT2D eigenvalue weighted by atomic mass is 32.2. The lowest BCUT2D eigenvalue weighted by molar-refractivity contribution is -0.137. The number of rotatable bonds is 6. The third-order valence-corrected chi connectivity index (χ3v) is 6.59. The van der Waals surface area contributed by atoms with Gasteiger partial charge in [-0.25, -0.2) is 8.42 Å². The molecule has 2 aromatic rings. The van der Waals surface area contributed by atoms with Crippen molar-refractivity contribution < 1.29 is 26.4 Å². The van der Waals surface area contributed by atoms with Gasteiger partial charge in [0.15, 0.2) is 0 Å². The largest absolute Gasteiger partial charge is 0.416 e. The molecule has 2 aromatic carbocycles. The maximum absolute atomic E-state index is 12.9. The predicted octanol–water partition coefficient (Wildman–Crippen LogP) is 4.23. The molecular formula is C20H23F3N2O3S. The van der Waals surface area contributed by atoms with E-state index in [2.05, 4.69) is 5.32 Å². The maximum atomic E-state index is 12.9. The molecule has 0 radical (unpaired) electrons. The number of benzene rings is 2. The molecule has 9 heteroatoms. The topological polar surface area (TPSA) is 66.5 Å². The van der Waals surface area contributed by atoms with Crippen molar-refractivity contribution in [3.8, 4) is 0 Å². The smallest absolute Gasteiger partial charge is 0.346 e. The summed E-state index contributed by atoms with van der Waals surface area (Å²) in [6.07, 6.45) is -4.48. The van der Waals surface area contributed by atoms with Crippen molar-refractivity contribution in [1.82, 2.24) is 9.62 Å². The summed E-state index contributed by atoms with van der Waals surface area (Å²) in [6.45, 7) is 5.01. The van der Waals surface area contributed by atoms with Crippen LogP contribution in [0.25, 0.3) is 0 Å². The highest BCUT2D eigenvalue weighted by Gasteiger charge is 2.31. The molecule has 1 atom stereocenters. The molecule has 0 bridgehead atoms. The van der Waals surface area contributed by atoms with Crippen LogP contribution >= 0.6 is 0 Å². The Balaban J connectivity index is 2.24. The van der Waals surface area contributed by atoms with E-state index in [9.17, 15) is 26.4 Å². The SMILES string of the molecule is CC(NC(=O)c1cccc(S(=O)(=O)N(C)C(C)C)c1)c1cccc(C(F)(F)F)c1. The lowest BCUT2D eigenvalue weighted by atomic mass is 10.0. The first-order valence-electron chi connectivity index (χ1n) is 8.90. The first-order chi connectivity index (χ1) is 13.3. The molecule has 0 heterocycles. The Hall–Kier alpha value is -2.39. The van der Waals surface area contributed by atoms with E-state index in [1.807, 2.05) is 0 Å². The van der Waals surface area contributed by atoms with E-state index in [0.29, 0.717) is 0 Å². The number of carbonyl (C=O) groups excluding carboxylic acids is 1. The van der Waals surface area contributed by atoms with Crippen molar-refractivity contribution in [1.29, 1.82) is 0 Å². The molecule has 0 aliphatic carbocycles. The summed E-state index contributed by atoms with van der Waals surface area (Å²) in [5.41, 5.74) is -0.417. The number of hydrogen-bond acceptors (Lipinski definition) is 3. The van der Waals surface area contributed by atoms with Crippen LogP contribution in [0.5, 0.6) is 0 Å². The minimum atomic E-state index is -4.48. The fourth-order valence-electron chi connectivity index (χ4n) is 2.59.